The van der Waals surface area contributed by atoms with Crippen molar-refractivity contribution >= 4 is 29.8 Å². The Hall–Kier alpha value is -2.58. The minimum Gasteiger partial charge on any atom is -0.492 e. The number of H-pyrrole nitrogens is 1. The van der Waals surface area contributed by atoms with E-state index >= 15 is 0 Å². The lowest BCUT2D eigenvalue weighted by Gasteiger charge is -2.47. The van der Waals surface area contributed by atoms with Gasteiger partial charge in [0.1, 0.15) is 11.1 Å². The Kier molecular flexibility index (Phi) is 7.02. The highest BCUT2D eigenvalue weighted by Crippen LogP contribution is 2.37. The average Bonchev–Trinajstić information content (AvgIpc) is 3.12. The molecular formula is C26H34ClN5O3. The number of benzene rings is 1. The van der Waals surface area contributed by atoms with Gasteiger partial charge >= 0.3 is 0 Å². The van der Waals surface area contributed by atoms with Gasteiger partial charge in [0.25, 0.3) is 5.56 Å². The molecule has 1 aromatic carbocycles. The summed E-state index contributed by atoms with van der Waals surface area (Å²) in [6, 6.07) is 3.98. The third kappa shape index (κ3) is 4.91. The number of amides is 1. The van der Waals surface area contributed by atoms with Gasteiger partial charge in [0.15, 0.2) is 0 Å². The van der Waals surface area contributed by atoms with Gasteiger partial charge in [-0.25, -0.2) is 4.99 Å². The zero-order chi connectivity index (χ0) is 24.5. The molecule has 1 aromatic heterocycles. The summed E-state index contributed by atoms with van der Waals surface area (Å²) in [7, 11) is 0. The van der Waals surface area contributed by atoms with Crippen LogP contribution in [0.1, 0.15) is 63.4 Å². The molecule has 1 aliphatic carbocycles. The van der Waals surface area contributed by atoms with E-state index in [1.807, 2.05) is 6.07 Å². The number of hydrogen-bond donors (Lipinski definition) is 2. The topological polar surface area (TPSA) is 106 Å². The maximum absolute atomic E-state index is 12.3. The van der Waals surface area contributed by atoms with Gasteiger partial charge in [-0.15, -0.1) is 0 Å². The third-order valence-electron chi connectivity index (χ3n) is 7.90. The van der Waals surface area contributed by atoms with Crippen molar-refractivity contribution in [2.75, 3.05) is 13.2 Å². The van der Waals surface area contributed by atoms with Crippen molar-refractivity contribution in [3.05, 3.63) is 44.0 Å². The number of nitrogens with zero attached hydrogens (tertiary/aromatic N) is 3. The first-order chi connectivity index (χ1) is 16.9. The van der Waals surface area contributed by atoms with E-state index in [0.717, 1.165) is 49.4 Å². The number of hydrogen-bond acceptors (Lipinski definition) is 5. The molecule has 3 aliphatic rings. The van der Waals surface area contributed by atoms with Crippen LogP contribution in [-0.2, 0) is 11.3 Å². The lowest BCUT2D eigenvalue weighted by Crippen LogP contribution is -2.55. The van der Waals surface area contributed by atoms with Crippen LogP contribution < -0.4 is 27.0 Å². The zero-order valence-corrected chi connectivity index (χ0v) is 20.9. The quantitative estimate of drug-likeness (QED) is 0.465. The molecule has 2 aromatic rings. The first-order valence-electron chi connectivity index (χ1n) is 12.8. The van der Waals surface area contributed by atoms with E-state index in [-0.39, 0.29) is 17.5 Å². The van der Waals surface area contributed by atoms with Crippen LogP contribution in [0.25, 0.3) is 6.58 Å². The van der Waals surface area contributed by atoms with E-state index in [9.17, 15) is 9.59 Å². The summed E-state index contributed by atoms with van der Waals surface area (Å²) in [6.45, 7) is 5.79. The number of unbranched alkanes of at least 4 members (excludes halogenated alkanes) is 1. The normalized spacial score (nSPS) is 22.4. The van der Waals surface area contributed by atoms with Crippen LogP contribution in [0.3, 0.4) is 0 Å². The molecule has 8 nitrogen and oxygen atoms in total. The third-order valence-corrected chi connectivity index (χ3v) is 8.20. The Morgan fingerprint density at radius 3 is 2.89 bits per heavy atom. The smallest absolute Gasteiger partial charge is 0.274 e. The molecule has 5 rings (SSSR count). The highest BCUT2D eigenvalue weighted by atomic mass is 35.5. The van der Waals surface area contributed by atoms with E-state index in [4.69, 9.17) is 22.1 Å². The number of imidazole rings is 1. The largest absolute Gasteiger partial charge is 0.492 e. The van der Waals surface area contributed by atoms with Crippen molar-refractivity contribution < 1.29 is 9.53 Å². The molecule has 1 saturated heterocycles. The number of halogens is 1. The standard InChI is InChI=1S/C26H34ClN5O3/c1-16-25(34)30-26-29-20-14-19(27)23(13-18(20)15-32(16)26)35-12-5-4-10-22(24(28)33)31-11-6-8-17-7-2-3-9-21(17)31/h13-14,17,21-22H,1-12,15H2,(H2,28,33)(H,29,30,34). The summed E-state index contributed by atoms with van der Waals surface area (Å²) in [6.07, 6.45) is 9.91. The Balaban J connectivity index is 1.17. The molecule has 0 radical (unpaired) electrons. The van der Waals surface area contributed by atoms with E-state index in [0.29, 0.717) is 40.9 Å². The van der Waals surface area contributed by atoms with Crippen molar-refractivity contribution in [3.63, 3.8) is 0 Å². The summed E-state index contributed by atoms with van der Waals surface area (Å²) >= 11 is 6.45. The van der Waals surface area contributed by atoms with Crippen molar-refractivity contribution in [2.45, 2.75) is 76.4 Å². The molecule has 2 fully saturated rings. The van der Waals surface area contributed by atoms with Gasteiger partial charge in [0, 0.05) is 11.6 Å². The first kappa shape index (κ1) is 24.1. The minimum absolute atomic E-state index is 0.190. The summed E-state index contributed by atoms with van der Waals surface area (Å²) in [5.74, 6) is 1.12. The van der Waals surface area contributed by atoms with Gasteiger partial charge in [-0.1, -0.05) is 31.0 Å². The number of nitrogens with one attached hydrogen (secondary N) is 1. The molecule has 0 bridgehead atoms. The second-order valence-corrected chi connectivity index (χ2v) is 10.5. The van der Waals surface area contributed by atoms with Gasteiger partial charge in [-0.2, -0.15) is 0 Å². The number of primary amides is 1. The van der Waals surface area contributed by atoms with Crippen LogP contribution in [-0.4, -0.2) is 45.6 Å². The summed E-state index contributed by atoms with van der Waals surface area (Å²) in [5.41, 5.74) is 7.74. The van der Waals surface area contributed by atoms with Crippen LogP contribution >= 0.6 is 11.6 Å². The van der Waals surface area contributed by atoms with Crippen molar-refractivity contribution in [1.29, 1.82) is 0 Å². The second-order valence-electron chi connectivity index (χ2n) is 10.1. The number of likely N-dealkylation sites (tertiary alicyclic amines) is 1. The fraction of sp³-hybridized carbons (Fsp3) is 0.577. The van der Waals surface area contributed by atoms with Gasteiger partial charge in [-0.05, 0) is 69.5 Å². The monoisotopic (exact) mass is 499 g/mol. The summed E-state index contributed by atoms with van der Waals surface area (Å²) < 4.78 is 7.76. The molecule has 3 unspecified atom stereocenters. The minimum atomic E-state index is -0.239. The number of nitrogens with two attached hydrogens (primary N) is 1. The Labute approximate surface area is 209 Å². The van der Waals surface area contributed by atoms with Gasteiger partial charge in [0.05, 0.1) is 29.9 Å². The molecule has 3 atom stereocenters. The highest BCUT2D eigenvalue weighted by molar-refractivity contribution is 6.32. The molecule has 0 spiro atoms. The maximum atomic E-state index is 12.3. The van der Waals surface area contributed by atoms with Crippen molar-refractivity contribution in [3.8, 4) is 5.75 Å². The molecule has 3 heterocycles. The molecule has 3 N–H and O–H groups in total. The van der Waals surface area contributed by atoms with Gasteiger partial charge < -0.3 is 15.0 Å². The fourth-order valence-electron chi connectivity index (χ4n) is 6.10. The van der Waals surface area contributed by atoms with Crippen LogP contribution in [0, 0.1) is 5.92 Å². The SMILES string of the molecule is C=c1c(=O)[nH]c2n1Cc1cc(OCCCCC(C(N)=O)N3CCCC4CCCCC43)c(Cl)cc1N=2. The Morgan fingerprint density at radius 1 is 1.26 bits per heavy atom. The number of fused-ring (bicyclic) bond motifs is 3. The molecule has 188 valence electrons. The Bertz CT molecular complexity index is 1270. The summed E-state index contributed by atoms with van der Waals surface area (Å²) in [4.78, 5) is 33.8. The number of ether oxygens (including phenoxy) is 1. The average molecular weight is 500 g/mol. The van der Waals surface area contributed by atoms with Crippen LogP contribution in [0.2, 0.25) is 5.02 Å². The van der Waals surface area contributed by atoms with Gasteiger partial charge in [-0.3, -0.25) is 19.5 Å². The van der Waals surface area contributed by atoms with E-state index in [1.54, 1.807) is 10.6 Å². The zero-order valence-electron chi connectivity index (χ0n) is 20.1. The molecule has 35 heavy (non-hydrogen) atoms. The first-order valence-corrected chi connectivity index (χ1v) is 13.2. The van der Waals surface area contributed by atoms with Crippen molar-refractivity contribution in [2.24, 2.45) is 16.6 Å². The Morgan fingerprint density at radius 2 is 2.06 bits per heavy atom. The van der Waals surface area contributed by atoms with Crippen LogP contribution in [0.15, 0.2) is 21.9 Å². The number of piperidine rings is 1. The van der Waals surface area contributed by atoms with Gasteiger partial charge in [0.2, 0.25) is 11.5 Å². The van der Waals surface area contributed by atoms with E-state index < -0.39 is 0 Å². The molecule has 2 aliphatic heterocycles. The summed E-state index contributed by atoms with van der Waals surface area (Å²) in [5, 5.41) is 0.862. The van der Waals surface area contributed by atoms with E-state index in [1.165, 1.54) is 32.1 Å². The van der Waals surface area contributed by atoms with Crippen molar-refractivity contribution in [1.82, 2.24) is 14.5 Å². The fourth-order valence-corrected chi connectivity index (χ4v) is 6.32. The lowest BCUT2D eigenvalue weighted by molar-refractivity contribution is -0.126. The highest BCUT2D eigenvalue weighted by Gasteiger charge is 2.38. The molecule has 9 heteroatoms. The molecular weight excluding hydrogens is 466 g/mol. The van der Waals surface area contributed by atoms with Crippen LogP contribution in [0.4, 0.5) is 5.69 Å². The predicted molar refractivity (Wildman–Crippen MR) is 136 cm³/mol. The second kappa shape index (κ2) is 10.2. The molecule has 1 saturated carbocycles. The number of carbonyl (C=O) groups is 1. The number of aromatic amines is 1. The maximum Gasteiger partial charge on any atom is 0.274 e. The number of rotatable bonds is 8. The van der Waals surface area contributed by atoms with E-state index in [2.05, 4.69) is 21.5 Å². The number of aromatic nitrogens is 2. The molecule has 1 amide bonds. The number of carbonyl (C=O) groups excluding carboxylic acids is 1. The lowest BCUT2D eigenvalue weighted by atomic mass is 9.77. The van der Waals surface area contributed by atoms with Crippen LogP contribution in [0.5, 0.6) is 5.75 Å². The predicted octanol–water partition coefficient (Wildman–Crippen LogP) is 2.61.